The average Bonchev–Trinajstić information content (AvgIpc) is 2.64. The Balaban J connectivity index is 1.73. The van der Waals surface area contributed by atoms with Crippen molar-refractivity contribution in [2.45, 2.75) is 0 Å². The molecule has 0 aromatic heterocycles. The van der Waals surface area contributed by atoms with Gasteiger partial charge < -0.3 is 10.6 Å². The van der Waals surface area contributed by atoms with Gasteiger partial charge in [0.1, 0.15) is 5.82 Å². The maximum absolute atomic E-state index is 12.9. The molecule has 2 N–H and O–H groups in total. The first-order valence-electron chi connectivity index (χ1n) is 7.76. The molecule has 3 rings (SSSR count). The van der Waals surface area contributed by atoms with Crippen LogP contribution in [0.3, 0.4) is 0 Å². The van der Waals surface area contributed by atoms with Crippen LogP contribution in [0.5, 0.6) is 0 Å². The Bertz CT molecular complexity index is 958. The van der Waals surface area contributed by atoms with E-state index < -0.39 is 0 Å². The van der Waals surface area contributed by atoms with E-state index in [0.717, 1.165) is 0 Å². The number of halogens is 2. The zero-order valence-electron chi connectivity index (χ0n) is 13.5. The van der Waals surface area contributed by atoms with Crippen molar-refractivity contribution in [2.75, 3.05) is 10.6 Å². The minimum atomic E-state index is -0.382. The molecule has 0 fully saturated rings. The fraction of sp³-hybridized carbons (Fsp3) is 0. The van der Waals surface area contributed by atoms with Crippen LogP contribution in [0, 0.1) is 5.82 Å². The van der Waals surface area contributed by atoms with Crippen LogP contribution in [-0.2, 0) is 0 Å². The Kier molecular flexibility index (Phi) is 5.29. The van der Waals surface area contributed by atoms with Gasteiger partial charge in [0.05, 0.1) is 10.6 Å². The van der Waals surface area contributed by atoms with E-state index in [1.807, 2.05) is 0 Å². The van der Waals surface area contributed by atoms with E-state index >= 15 is 0 Å². The summed E-state index contributed by atoms with van der Waals surface area (Å²) in [5.41, 5.74) is 1.63. The topological polar surface area (TPSA) is 58.2 Å². The zero-order chi connectivity index (χ0) is 18.5. The number of nitrogens with one attached hydrogen (secondary N) is 2. The molecule has 0 aliphatic carbocycles. The average molecular weight is 369 g/mol. The molecule has 3 aromatic rings. The van der Waals surface area contributed by atoms with E-state index in [0.29, 0.717) is 27.5 Å². The summed E-state index contributed by atoms with van der Waals surface area (Å²) < 4.78 is 12.9. The van der Waals surface area contributed by atoms with Crippen molar-refractivity contribution in [3.05, 3.63) is 94.8 Å². The van der Waals surface area contributed by atoms with Gasteiger partial charge in [-0.05, 0) is 54.6 Å². The first-order chi connectivity index (χ1) is 12.5. The monoisotopic (exact) mass is 368 g/mol. The van der Waals surface area contributed by atoms with Crippen LogP contribution in [0.25, 0.3) is 0 Å². The second-order valence-electron chi connectivity index (χ2n) is 5.48. The standard InChI is InChI=1S/C20H14ClFN2O2/c21-18-7-2-1-6-17(18)20(26)24-16-5-3-4-13(12-16)19(25)23-15-10-8-14(22)9-11-15/h1-12H,(H,23,25)(H,24,26). The third-order valence-corrected chi connectivity index (χ3v) is 3.93. The van der Waals surface area contributed by atoms with Gasteiger partial charge in [-0.15, -0.1) is 0 Å². The fourth-order valence-electron chi connectivity index (χ4n) is 2.32. The number of amides is 2. The number of hydrogen-bond acceptors (Lipinski definition) is 2. The van der Waals surface area contributed by atoms with Crippen LogP contribution in [0.15, 0.2) is 72.8 Å². The molecule has 0 radical (unpaired) electrons. The molecule has 0 atom stereocenters. The van der Waals surface area contributed by atoms with Crippen LogP contribution in [0.4, 0.5) is 15.8 Å². The van der Waals surface area contributed by atoms with Gasteiger partial charge in [0.2, 0.25) is 0 Å². The second-order valence-corrected chi connectivity index (χ2v) is 5.88. The summed E-state index contributed by atoms with van der Waals surface area (Å²) >= 11 is 6.02. The lowest BCUT2D eigenvalue weighted by molar-refractivity contribution is 0.101. The number of hydrogen-bond donors (Lipinski definition) is 2. The van der Waals surface area contributed by atoms with Crippen LogP contribution in [0.2, 0.25) is 5.02 Å². The summed E-state index contributed by atoms with van der Waals surface area (Å²) in [7, 11) is 0. The van der Waals surface area contributed by atoms with Gasteiger partial charge in [-0.3, -0.25) is 9.59 Å². The predicted octanol–water partition coefficient (Wildman–Crippen LogP) is 4.98. The zero-order valence-corrected chi connectivity index (χ0v) is 14.3. The Labute approximate surface area is 154 Å². The summed E-state index contributed by atoms with van der Waals surface area (Å²) in [6.07, 6.45) is 0. The molecule has 3 aromatic carbocycles. The molecule has 0 saturated carbocycles. The van der Waals surface area contributed by atoms with Gasteiger partial charge in [-0.25, -0.2) is 4.39 Å². The lowest BCUT2D eigenvalue weighted by Crippen LogP contribution is -2.15. The van der Waals surface area contributed by atoms with Gasteiger partial charge in [0.15, 0.2) is 0 Å². The number of rotatable bonds is 4. The number of carbonyl (C=O) groups excluding carboxylic acids is 2. The van der Waals surface area contributed by atoms with E-state index in [1.54, 1.807) is 48.5 Å². The Morgan fingerprint density at radius 2 is 1.46 bits per heavy atom. The highest BCUT2D eigenvalue weighted by Crippen LogP contribution is 2.18. The van der Waals surface area contributed by atoms with Crippen LogP contribution in [-0.4, -0.2) is 11.8 Å². The largest absolute Gasteiger partial charge is 0.322 e. The molecule has 0 saturated heterocycles. The first kappa shape index (κ1) is 17.6. The smallest absolute Gasteiger partial charge is 0.257 e. The van der Waals surface area contributed by atoms with Crippen molar-refractivity contribution in [1.82, 2.24) is 0 Å². The maximum Gasteiger partial charge on any atom is 0.257 e. The summed E-state index contributed by atoms with van der Waals surface area (Å²) in [4.78, 5) is 24.6. The molecule has 130 valence electrons. The van der Waals surface area contributed by atoms with E-state index in [9.17, 15) is 14.0 Å². The summed E-state index contributed by atoms with van der Waals surface area (Å²) in [5, 5.41) is 5.72. The second kappa shape index (κ2) is 7.80. The SMILES string of the molecule is O=C(Nc1ccc(F)cc1)c1cccc(NC(=O)c2ccccc2Cl)c1. The fourth-order valence-corrected chi connectivity index (χ4v) is 2.54. The highest BCUT2D eigenvalue weighted by molar-refractivity contribution is 6.34. The van der Waals surface area contributed by atoms with Crippen molar-refractivity contribution in [3.63, 3.8) is 0 Å². The van der Waals surface area contributed by atoms with Gasteiger partial charge >= 0.3 is 0 Å². The third-order valence-electron chi connectivity index (χ3n) is 3.60. The molecular formula is C20H14ClFN2O2. The Morgan fingerprint density at radius 1 is 0.769 bits per heavy atom. The molecule has 2 amide bonds. The highest BCUT2D eigenvalue weighted by Gasteiger charge is 2.12. The van der Waals surface area contributed by atoms with Crippen molar-refractivity contribution in [1.29, 1.82) is 0 Å². The normalized spacial score (nSPS) is 10.2. The predicted molar refractivity (Wildman–Crippen MR) is 100 cm³/mol. The minimum Gasteiger partial charge on any atom is -0.322 e. The van der Waals surface area contributed by atoms with Crippen LogP contribution >= 0.6 is 11.6 Å². The van der Waals surface area contributed by atoms with E-state index in [2.05, 4.69) is 10.6 Å². The van der Waals surface area contributed by atoms with Gasteiger partial charge in [0.25, 0.3) is 11.8 Å². The molecule has 26 heavy (non-hydrogen) atoms. The highest BCUT2D eigenvalue weighted by atomic mass is 35.5. The molecule has 6 heteroatoms. The summed E-state index contributed by atoms with van der Waals surface area (Å²) in [6.45, 7) is 0. The number of anilines is 2. The molecule has 0 bridgehead atoms. The van der Waals surface area contributed by atoms with Crippen LogP contribution < -0.4 is 10.6 Å². The molecule has 4 nitrogen and oxygen atoms in total. The van der Waals surface area contributed by atoms with Crippen molar-refractivity contribution < 1.29 is 14.0 Å². The van der Waals surface area contributed by atoms with Crippen molar-refractivity contribution >= 4 is 34.8 Å². The molecular weight excluding hydrogens is 355 g/mol. The van der Waals surface area contributed by atoms with Crippen LogP contribution in [0.1, 0.15) is 20.7 Å². The van der Waals surface area contributed by atoms with E-state index in [1.165, 1.54) is 24.3 Å². The van der Waals surface area contributed by atoms with Crippen molar-refractivity contribution in [2.24, 2.45) is 0 Å². The molecule has 0 aliphatic heterocycles. The summed E-state index contributed by atoms with van der Waals surface area (Å²) in [5.74, 6) is -1.12. The summed E-state index contributed by atoms with van der Waals surface area (Å²) in [6, 6.07) is 18.6. The number of benzene rings is 3. The third kappa shape index (κ3) is 4.26. The van der Waals surface area contributed by atoms with Gasteiger partial charge in [-0.2, -0.15) is 0 Å². The van der Waals surface area contributed by atoms with E-state index in [-0.39, 0.29) is 17.6 Å². The maximum atomic E-state index is 12.9. The van der Waals surface area contributed by atoms with E-state index in [4.69, 9.17) is 11.6 Å². The first-order valence-corrected chi connectivity index (χ1v) is 8.13. The lowest BCUT2D eigenvalue weighted by atomic mass is 10.1. The number of carbonyl (C=O) groups is 2. The van der Waals surface area contributed by atoms with Gasteiger partial charge in [0, 0.05) is 16.9 Å². The molecule has 0 heterocycles. The molecule has 0 unspecified atom stereocenters. The molecule has 0 aliphatic rings. The molecule has 0 spiro atoms. The van der Waals surface area contributed by atoms with Crippen molar-refractivity contribution in [3.8, 4) is 0 Å². The quantitative estimate of drug-likeness (QED) is 0.682. The Morgan fingerprint density at radius 3 is 2.19 bits per heavy atom. The minimum absolute atomic E-state index is 0.343. The van der Waals surface area contributed by atoms with Gasteiger partial charge in [-0.1, -0.05) is 29.8 Å². The lowest BCUT2D eigenvalue weighted by Gasteiger charge is -2.09. The Hall–Kier alpha value is -3.18.